The van der Waals surface area contributed by atoms with Crippen molar-refractivity contribution in [1.82, 2.24) is 0 Å². The van der Waals surface area contributed by atoms with Crippen molar-refractivity contribution >= 4 is 0 Å². The third-order valence-electron chi connectivity index (χ3n) is 2.21. The summed E-state index contributed by atoms with van der Waals surface area (Å²) in [7, 11) is 1.62. The van der Waals surface area contributed by atoms with Gasteiger partial charge in [0.15, 0.2) is 0 Å². The summed E-state index contributed by atoms with van der Waals surface area (Å²) in [5, 5.41) is 8.61. The number of rotatable bonds is 2. The first-order chi connectivity index (χ1) is 4.88. The van der Waals surface area contributed by atoms with Gasteiger partial charge in [-0.15, -0.1) is 0 Å². The largest absolute Gasteiger partial charge is 0.366 e. The summed E-state index contributed by atoms with van der Waals surface area (Å²) in [5.41, 5.74) is 0. The van der Waals surface area contributed by atoms with Crippen LogP contribution in [0.3, 0.4) is 0 Å². The molecule has 10 heavy (non-hydrogen) atoms. The molecule has 0 aliphatic heterocycles. The molecule has 2 heteroatoms. The molecule has 0 N–H and O–H groups in total. The number of methoxy groups -OCH3 is 1. The van der Waals surface area contributed by atoms with Crippen LogP contribution < -0.4 is 0 Å². The van der Waals surface area contributed by atoms with Gasteiger partial charge < -0.3 is 4.74 Å². The van der Waals surface area contributed by atoms with E-state index >= 15 is 0 Å². The summed E-state index contributed by atoms with van der Waals surface area (Å²) in [4.78, 5) is 0. The highest BCUT2D eigenvalue weighted by Gasteiger charge is 2.23. The van der Waals surface area contributed by atoms with Crippen molar-refractivity contribution in [3.05, 3.63) is 0 Å². The zero-order valence-electron chi connectivity index (χ0n) is 6.34. The smallest absolute Gasteiger partial charge is 0.146 e. The molecular formula is C8H13NO. The summed E-state index contributed by atoms with van der Waals surface area (Å²) in [6.07, 6.45) is 4.73. The van der Waals surface area contributed by atoms with Gasteiger partial charge in [0.1, 0.15) is 6.10 Å². The fourth-order valence-electron chi connectivity index (χ4n) is 1.61. The van der Waals surface area contributed by atoms with Gasteiger partial charge >= 0.3 is 0 Å². The molecule has 1 aliphatic carbocycles. The Morgan fingerprint density at radius 2 is 2.10 bits per heavy atom. The quantitative estimate of drug-likeness (QED) is 0.583. The lowest BCUT2D eigenvalue weighted by Crippen LogP contribution is -2.17. The van der Waals surface area contributed by atoms with Crippen LogP contribution in [0.25, 0.3) is 0 Å². The Morgan fingerprint density at radius 3 is 2.50 bits per heavy atom. The summed E-state index contributed by atoms with van der Waals surface area (Å²) >= 11 is 0. The monoisotopic (exact) mass is 139 g/mol. The van der Waals surface area contributed by atoms with Gasteiger partial charge in [0.05, 0.1) is 6.07 Å². The van der Waals surface area contributed by atoms with E-state index in [1.165, 1.54) is 25.7 Å². The average Bonchev–Trinajstić information content (AvgIpc) is 2.43. The molecule has 0 aromatic rings. The fraction of sp³-hybridized carbons (Fsp3) is 0.875. The second kappa shape index (κ2) is 3.58. The normalized spacial score (nSPS) is 22.4. The van der Waals surface area contributed by atoms with Gasteiger partial charge in [-0.1, -0.05) is 12.8 Å². The molecule has 0 bridgehead atoms. The lowest BCUT2D eigenvalue weighted by molar-refractivity contribution is 0.0978. The van der Waals surface area contributed by atoms with Gasteiger partial charge in [0, 0.05) is 7.11 Å². The zero-order chi connectivity index (χ0) is 7.40. The van der Waals surface area contributed by atoms with Crippen LogP contribution in [0, 0.1) is 17.2 Å². The van der Waals surface area contributed by atoms with Crippen molar-refractivity contribution in [3.8, 4) is 6.07 Å². The van der Waals surface area contributed by atoms with E-state index in [0.29, 0.717) is 5.92 Å². The molecule has 1 saturated carbocycles. The fourth-order valence-corrected chi connectivity index (χ4v) is 1.61. The molecule has 0 saturated heterocycles. The Hall–Kier alpha value is -0.550. The minimum absolute atomic E-state index is 0.150. The van der Waals surface area contributed by atoms with Crippen molar-refractivity contribution in [3.63, 3.8) is 0 Å². The minimum atomic E-state index is -0.150. The Kier molecular flexibility index (Phi) is 2.70. The maximum Gasteiger partial charge on any atom is 0.146 e. The van der Waals surface area contributed by atoms with E-state index in [-0.39, 0.29) is 6.10 Å². The lowest BCUT2D eigenvalue weighted by Gasteiger charge is -2.13. The van der Waals surface area contributed by atoms with Crippen LogP contribution in [-0.2, 0) is 4.74 Å². The van der Waals surface area contributed by atoms with Gasteiger partial charge in [0.25, 0.3) is 0 Å². The Bertz CT molecular complexity index is 133. The predicted molar refractivity (Wildman–Crippen MR) is 38.4 cm³/mol. The second-order valence-electron chi connectivity index (χ2n) is 2.83. The predicted octanol–water partition coefficient (Wildman–Crippen LogP) is 1.72. The highest BCUT2D eigenvalue weighted by molar-refractivity contribution is 4.91. The molecule has 1 fully saturated rings. The van der Waals surface area contributed by atoms with Crippen LogP contribution in [0.2, 0.25) is 0 Å². The molecule has 0 spiro atoms. The molecule has 1 rings (SSSR count). The number of hydrogen-bond donors (Lipinski definition) is 0. The third kappa shape index (κ3) is 1.48. The number of nitrogens with zero attached hydrogens (tertiary/aromatic N) is 1. The topological polar surface area (TPSA) is 33.0 Å². The molecule has 2 nitrogen and oxygen atoms in total. The molecule has 1 aliphatic rings. The van der Waals surface area contributed by atoms with Gasteiger partial charge in [0.2, 0.25) is 0 Å². The number of ether oxygens (including phenoxy) is 1. The van der Waals surface area contributed by atoms with E-state index in [2.05, 4.69) is 6.07 Å². The molecule has 1 unspecified atom stereocenters. The van der Waals surface area contributed by atoms with Crippen LogP contribution in [0.1, 0.15) is 25.7 Å². The average molecular weight is 139 g/mol. The van der Waals surface area contributed by atoms with E-state index < -0.39 is 0 Å². The van der Waals surface area contributed by atoms with Crippen LogP contribution in [-0.4, -0.2) is 13.2 Å². The molecule has 0 radical (unpaired) electrons. The first-order valence-electron chi connectivity index (χ1n) is 3.81. The van der Waals surface area contributed by atoms with Crippen molar-refractivity contribution in [2.45, 2.75) is 31.8 Å². The maximum absolute atomic E-state index is 8.61. The molecule has 0 aromatic heterocycles. The Morgan fingerprint density at radius 1 is 1.50 bits per heavy atom. The number of nitriles is 1. The Labute approximate surface area is 61.8 Å². The minimum Gasteiger partial charge on any atom is -0.366 e. The molecular weight excluding hydrogens is 126 g/mol. The Balaban J connectivity index is 2.38. The molecule has 1 atom stereocenters. The van der Waals surface area contributed by atoms with Gasteiger partial charge in [-0.2, -0.15) is 5.26 Å². The molecule has 0 aromatic carbocycles. The first kappa shape index (κ1) is 7.56. The lowest BCUT2D eigenvalue weighted by atomic mass is 10.0. The highest BCUT2D eigenvalue weighted by atomic mass is 16.5. The van der Waals surface area contributed by atoms with E-state index in [9.17, 15) is 0 Å². The van der Waals surface area contributed by atoms with E-state index in [1.54, 1.807) is 7.11 Å². The maximum atomic E-state index is 8.61. The summed E-state index contributed by atoms with van der Waals surface area (Å²) in [5.74, 6) is 0.509. The van der Waals surface area contributed by atoms with Crippen molar-refractivity contribution < 1.29 is 4.74 Å². The SMILES string of the molecule is COC(C#N)C1CCCC1. The first-order valence-corrected chi connectivity index (χ1v) is 3.81. The van der Waals surface area contributed by atoms with Crippen molar-refractivity contribution in [2.75, 3.05) is 7.11 Å². The van der Waals surface area contributed by atoms with Gasteiger partial charge in [-0.05, 0) is 18.8 Å². The van der Waals surface area contributed by atoms with Crippen LogP contribution in [0.5, 0.6) is 0 Å². The zero-order valence-corrected chi connectivity index (χ0v) is 6.34. The second-order valence-corrected chi connectivity index (χ2v) is 2.83. The van der Waals surface area contributed by atoms with Crippen molar-refractivity contribution in [1.29, 1.82) is 5.26 Å². The van der Waals surface area contributed by atoms with E-state index in [0.717, 1.165) is 0 Å². The standard InChI is InChI=1S/C8H13NO/c1-10-8(6-9)7-4-2-3-5-7/h7-8H,2-5H2,1H3. The highest BCUT2D eigenvalue weighted by Crippen LogP contribution is 2.28. The van der Waals surface area contributed by atoms with E-state index in [1.807, 2.05) is 0 Å². The summed E-state index contributed by atoms with van der Waals surface area (Å²) in [6.45, 7) is 0. The van der Waals surface area contributed by atoms with Crippen LogP contribution >= 0.6 is 0 Å². The molecule has 0 amide bonds. The van der Waals surface area contributed by atoms with Crippen LogP contribution in [0.4, 0.5) is 0 Å². The number of hydrogen-bond acceptors (Lipinski definition) is 2. The van der Waals surface area contributed by atoms with Gasteiger partial charge in [-0.25, -0.2) is 0 Å². The molecule has 0 heterocycles. The third-order valence-corrected chi connectivity index (χ3v) is 2.21. The van der Waals surface area contributed by atoms with E-state index in [4.69, 9.17) is 10.00 Å². The summed E-state index contributed by atoms with van der Waals surface area (Å²) < 4.78 is 5.02. The van der Waals surface area contributed by atoms with Gasteiger partial charge in [-0.3, -0.25) is 0 Å². The summed E-state index contributed by atoms with van der Waals surface area (Å²) in [6, 6.07) is 2.17. The molecule has 56 valence electrons. The van der Waals surface area contributed by atoms with Crippen molar-refractivity contribution in [2.24, 2.45) is 5.92 Å². The van der Waals surface area contributed by atoms with Crippen LogP contribution in [0.15, 0.2) is 0 Å².